The van der Waals surface area contributed by atoms with Crippen LogP contribution in [0.4, 0.5) is 4.79 Å². The Balaban J connectivity index is 4.24. The van der Waals surface area contributed by atoms with Crippen molar-refractivity contribution in [2.75, 3.05) is 13.6 Å². The number of aliphatic hydroxyl groups excluding tert-OH is 1. The quantitative estimate of drug-likeness (QED) is 0.737. The van der Waals surface area contributed by atoms with Gasteiger partial charge in [0.15, 0.2) is 0 Å². The van der Waals surface area contributed by atoms with Crippen molar-refractivity contribution >= 4 is 6.03 Å². The molecule has 0 aromatic rings. The Morgan fingerprint density at radius 3 is 2.22 bits per heavy atom. The van der Waals surface area contributed by atoms with E-state index in [1.165, 1.54) is 0 Å². The Morgan fingerprint density at radius 2 is 1.83 bits per heavy atom. The topological polar surface area (TPSA) is 52.6 Å². The predicted octanol–water partition coefficient (Wildman–Crippen LogP) is 2.61. The van der Waals surface area contributed by atoms with Gasteiger partial charge in [0.1, 0.15) is 0 Å². The van der Waals surface area contributed by atoms with Gasteiger partial charge in [-0.15, -0.1) is 0 Å². The van der Waals surface area contributed by atoms with Gasteiger partial charge in [-0.05, 0) is 31.6 Å². The molecule has 4 nitrogen and oxygen atoms in total. The highest BCUT2D eigenvalue weighted by atomic mass is 16.3. The van der Waals surface area contributed by atoms with E-state index in [1.54, 1.807) is 11.8 Å². The maximum atomic E-state index is 12.0. The number of hydrogen-bond donors (Lipinski definition) is 2. The van der Waals surface area contributed by atoms with E-state index in [1.807, 2.05) is 7.05 Å². The Kier molecular flexibility index (Phi) is 7.29. The molecule has 0 aliphatic carbocycles. The van der Waals surface area contributed by atoms with Crippen LogP contribution >= 0.6 is 0 Å². The summed E-state index contributed by atoms with van der Waals surface area (Å²) in [7, 11) is 1.84. The second-order valence-corrected chi connectivity index (χ2v) is 5.96. The number of amides is 2. The average molecular weight is 258 g/mol. The van der Waals surface area contributed by atoms with Crippen LogP contribution in [0, 0.1) is 5.41 Å². The molecule has 18 heavy (non-hydrogen) atoms. The Hall–Kier alpha value is -0.770. The summed E-state index contributed by atoms with van der Waals surface area (Å²) in [5, 5.41) is 12.4. The molecule has 2 N–H and O–H groups in total. The molecular formula is C14H30N2O2. The fourth-order valence-corrected chi connectivity index (χ4v) is 2.31. The summed E-state index contributed by atoms with van der Waals surface area (Å²) in [6.45, 7) is 10.7. The first kappa shape index (κ1) is 17.2. The maximum Gasteiger partial charge on any atom is 0.317 e. The molecule has 0 radical (unpaired) electrons. The second-order valence-electron chi connectivity index (χ2n) is 5.96. The van der Waals surface area contributed by atoms with Gasteiger partial charge in [0, 0.05) is 19.6 Å². The van der Waals surface area contributed by atoms with Crippen molar-refractivity contribution in [2.24, 2.45) is 5.41 Å². The first-order chi connectivity index (χ1) is 8.23. The number of hydrogen-bond acceptors (Lipinski definition) is 2. The summed E-state index contributed by atoms with van der Waals surface area (Å²) in [5.41, 5.74) is -0.0847. The van der Waals surface area contributed by atoms with Crippen LogP contribution in [0.2, 0.25) is 0 Å². The number of nitrogens with zero attached hydrogens (tertiary/aromatic N) is 1. The average Bonchev–Trinajstić information content (AvgIpc) is 2.25. The van der Waals surface area contributed by atoms with Crippen molar-refractivity contribution in [3.8, 4) is 0 Å². The van der Waals surface area contributed by atoms with Gasteiger partial charge in [0.2, 0.25) is 0 Å². The number of carbonyl (C=O) groups is 1. The van der Waals surface area contributed by atoms with Gasteiger partial charge in [-0.3, -0.25) is 0 Å². The third-order valence-electron chi connectivity index (χ3n) is 3.38. The zero-order valence-corrected chi connectivity index (χ0v) is 12.8. The minimum atomic E-state index is -0.339. The van der Waals surface area contributed by atoms with E-state index in [-0.39, 0.29) is 17.6 Å². The van der Waals surface area contributed by atoms with E-state index >= 15 is 0 Å². The lowest BCUT2D eigenvalue weighted by molar-refractivity contribution is 0.125. The number of carbonyl (C=O) groups excluding carboxylic acids is 1. The third-order valence-corrected chi connectivity index (χ3v) is 3.38. The van der Waals surface area contributed by atoms with Crippen LogP contribution in [0.15, 0.2) is 0 Å². The molecule has 0 saturated heterocycles. The van der Waals surface area contributed by atoms with E-state index in [0.29, 0.717) is 19.0 Å². The molecule has 0 aromatic heterocycles. The standard InChI is InChI=1S/C14H30N2O2/c1-7-12(8-2)16(6)13(18)15-10-14(4,5)9-11(3)17/h11-12,17H,7-10H2,1-6H3,(H,15,18). The van der Waals surface area contributed by atoms with E-state index in [4.69, 9.17) is 0 Å². The van der Waals surface area contributed by atoms with Gasteiger partial charge in [0.25, 0.3) is 0 Å². The summed E-state index contributed by atoms with van der Waals surface area (Å²) < 4.78 is 0. The molecule has 0 aliphatic rings. The van der Waals surface area contributed by atoms with Crippen molar-refractivity contribution in [3.05, 3.63) is 0 Å². The van der Waals surface area contributed by atoms with Crippen LogP contribution in [0.5, 0.6) is 0 Å². The molecule has 0 aromatic carbocycles. The van der Waals surface area contributed by atoms with Crippen LogP contribution in [0.25, 0.3) is 0 Å². The molecule has 0 bridgehead atoms. The normalized spacial score (nSPS) is 13.6. The minimum absolute atomic E-state index is 0.0256. The smallest absolute Gasteiger partial charge is 0.317 e. The number of urea groups is 1. The maximum absolute atomic E-state index is 12.0. The van der Waals surface area contributed by atoms with Crippen LogP contribution in [-0.4, -0.2) is 41.8 Å². The first-order valence-corrected chi connectivity index (χ1v) is 6.92. The highest BCUT2D eigenvalue weighted by Crippen LogP contribution is 2.21. The molecule has 0 heterocycles. The summed E-state index contributed by atoms with van der Waals surface area (Å²) in [5.74, 6) is 0. The lowest BCUT2D eigenvalue weighted by Gasteiger charge is -2.30. The highest BCUT2D eigenvalue weighted by molar-refractivity contribution is 5.74. The van der Waals surface area contributed by atoms with Crippen molar-refractivity contribution in [1.29, 1.82) is 0 Å². The van der Waals surface area contributed by atoms with Crippen molar-refractivity contribution in [1.82, 2.24) is 10.2 Å². The van der Waals surface area contributed by atoms with Gasteiger partial charge >= 0.3 is 6.03 Å². The van der Waals surface area contributed by atoms with Gasteiger partial charge < -0.3 is 15.3 Å². The fourth-order valence-electron chi connectivity index (χ4n) is 2.31. The van der Waals surface area contributed by atoms with E-state index in [2.05, 4.69) is 33.0 Å². The molecule has 2 amide bonds. The summed E-state index contributed by atoms with van der Waals surface area (Å²) in [6.07, 6.45) is 2.28. The molecule has 108 valence electrons. The van der Waals surface area contributed by atoms with Gasteiger partial charge in [-0.25, -0.2) is 4.79 Å². The van der Waals surface area contributed by atoms with Gasteiger partial charge in [0.05, 0.1) is 6.10 Å². The van der Waals surface area contributed by atoms with Crippen molar-refractivity contribution in [3.63, 3.8) is 0 Å². The molecule has 1 atom stereocenters. The highest BCUT2D eigenvalue weighted by Gasteiger charge is 2.23. The SMILES string of the molecule is CCC(CC)N(C)C(=O)NCC(C)(C)CC(C)O. The van der Waals surface area contributed by atoms with E-state index in [0.717, 1.165) is 12.8 Å². The first-order valence-electron chi connectivity index (χ1n) is 6.92. The zero-order valence-electron chi connectivity index (χ0n) is 12.8. The zero-order chi connectivity index (χ0) is 14.3. The third kappa shape index (κ3) is 6.24. The number of rotatable bonds is 7. The monoisotopic (exact) mass is 258 g/mol. The summed E-state index contributed by atoms with van der Waals surface area (Å²) >= 11 is 0. The van der Waals surface area contributed by atoms with E-state index < -0.39 is 0 Å². The summed E-state index contributed by atoms with van der Waals surface area (Å²) in [4.78, 5) is 13.8. The Morgan fingerprint density at radius 1 is 1.33 bits per heavy atom. The van der Waals surface area contributed by atoms with Gasteiger partial charge in [-0.1, -0.05) is 27.7 Å². The molecular weight excluding hydrogens is 228 g/mol. The predicted molar refractivity (Wildman–Crippen MR) is 75.6 cm³/mol. The molecule has 4 heteroatoms. The molecule has 0 rings (SSSR count). The second kappa shape index (κ2) is 7.62. The lowest BCUT2D eigenvalue weighted by atomic mass is 9.87. The minimum Gasteiger partial charge on any atom is -0.393 e. The Bertz CT molecular complexity index is 248. The largest absolute Gasteiger partial charge is 0.393 e. The molecule has 1 unspecified atom stereocenters. The van der Waals surface area contributed by atoms with Crippen molar-refractivity contribution in [2.45, 2.75) is 66.0 Å². The molecule has 0 aliphatic heterocycles. The molecule has 0 fully saturated rings. The number of nitrogens with one attached hydrogen (secondary N) is 1. The number of aliphatic hydroxyl groups is 1. The molecule has 0 spiro atoms. The lowest BCUT2D eigenvalue weighted by Crippen LogP contribution is -2.46. The summed E-state index contributed by atoms with van der Waals surface area (Å²) in [6, 6.07) is 0.271. The van der Waals surface area contributed by atoms with Gasteiger partial charge in [-0.2, -0.15) is 0 Å². The fraction of sp³-hybridized carbons (Fsp3) is 0.929. The van der Waals surface area contributed by atoms with Crippen LogP contribution in [0.1, 0.15) is 53.9 Å². The Labute approximate surface area is 112 Å². The van der Waals surface area contributed by atoms with Crippen LogP contribution in [0.3, 0.4) is 0 Å². The molecule has 0 saturated carbocycles. The van der Waals surface area contributed by atoms with Crippen LogP contribution in [-0.2, 0) is 0 Å². The van der Waals surface area contributed by atoms with E-state index in [9.17, 15) is 9.90 Å². The van der Waals surface area contributed by atoms with Crippen LogP contribution < -0.4 is 5.32 Å². The van der Waals surface area contributed by atoms with Crippen molar-refractivity contribution < 1.29 is 9.90 Å².